The van der Waals surface area contributed by atoms with Crippen molar-refractivity contribution in [2.24, 2.45) is 5.92 Å². The largest absolute Gasteiger partial charge is 0.469 e. The number of esters is 1. The molecule has 1 unspecified atom stereocenters. The zero-order valence-electron chi connectivity index (χ0n) is 9.30. The van der Waals surface area contributed by atoms with Gasteiger partial charge >= 0.3 is 5.97 Å². The predicted molar refractivity (Wildman–Crippen MR) is 57.4 cm³/mol. The molecule has 0 aliphatic carbocycles. The van der Waals surface area contributed by atoms with Gasteiger partial charge in [0.2, 0.25) is 0 Å². The number of ether oxygens (including phenoxy) is 1. The second-order valence-corrected chi connectivity index (χ2v) is 3.91. The SMILES string of the molecule is COC(=O)C1CCN(Cc2ncccn2)C1. The first-order chi connectivity index (χ1) is 7.79. The third kappa shape index (κ3) is 2.55. The van der Waals surface area contributed by atoms with E-state index in [-0.39, 0.29) is 11.9 Å². The third-order valence-corrected chi connectivity index (χ3v) is 2.79. The second kappa shape index (κ2) is 5.03. The highest BCUT2D eigenvalue weighted by Crippen LogP contribution is 2.18. The molecule has 2 rings (SSSR count). The number of hydrogen-bond acceptors (Lipinski definition) is 5. The summed E-state index contributed by atoms with van der Waals surface area (Å²) >= 11 is 0. The Bertz CT molecular complexity index is 356. The van der Waals surface area contributed by atoms with E-state index in [2.05, 4.69) is 14.9 Å². The van der Waals surface area contributed by atoms with Gasteiger partial charge in [-0.1, -0.05) is 0 Å². The molecule has 1 saturated heterocycles. The van der Waals surface area contributed by atoms with Crippen LogP contribution in [0.3, 0.4) is 0 Å². The van der Waals surface area contributed by atoms with Crippen LogP contribution in [0, 0.1) is 5.92 Å². The van der Waals surface area contributed by atoms with Crippen LogP contribution in [-0.2, 0) is 16.1 Å². The fourth-order valence-electron chi connectivity index (χ4n) is 1.95. The van der Waals surface area contributed by atoms with Gasteiger partial charge in [-0.15, -0.1) is 0 Å². The maximum absolute atomic E-state index is 11.3. The predicted octanol–water partition coefficient (Wildman–Crippen LogP) is 0.471. The topological polar surface area (TPSA) is 55.3 Å². The van der Waals surface area contributed by atoms with E-state index in [0.717, 1.165) is 25.3 Å². The minimum absolute atomic E-state index is 0.00807. The third-order valence-electron chi connectivity index (χ3n) is 2.79. The van der Waals surface area contributed by atoms with Crippen LogP contribution in [-0.4, -0.2) is 41.0 Å². The first-order valence-corrected chi connectivity index (χ1v) is 5.35. The lowest BCUT2D eigenvalue weighted by Crippen LogP contribution is -2.24. The van der Waals surface area contributed by atoms with E-state index in [1.807, 2.05) is 0 Å². The van der Waals surface area contributed by atoms with Crippen molar-refractivity contribution in [3.63, 3.8) is 0 Å². The van der Waals surface area contributed by atoms with E-state index in [4.69, 9.17) is 4.74 Å². The molecule has 2 heterocycles. The summed E-state index contributed by atoms with van der Waals surface area (Å²) < 4.78 is 4.74. The van der Waals surface area contributed by atoms with Crippen LogP contribution >= 0.6 is 0 Å². The van der Waals surface area contributed by atoms with Crippen molar-refractivity contribution in [1.29, 1.82) is 0 Å². The highest BCUT2D eigenvalue weighted by atomic mass is 16.5. The smallest absolute Gasteiger partial charge is 0.310 e. The van der Waals surface area contributed by atoms with Gasteiger partial charge in [-0.05, 0) is 19.0 Å². The molecule has 1 atom stereocenters. The molecule has 0 saturated carbocycles. The van der Waals surface area contributed by atoms with Gasteiger partial charge < -0.3 is 4.74 Å². The Morgan fingerprint density at radius 1 is 1.56 bits per heavy atom. The average molecular weight is 221 g/mol. The number of likely N-dealkylation sites (tertiary alicyclic amines) is 1. The molecule has 86 valence electrons. The Kier molecular flexibility index (Phi) is 3.46. The Labute approximate surface area is 94.5 Å². The quantitative estimate of drug-likeness (QED) is 0.694. The highest BCUT2D eigenvalue weighted by molar-refractivity contribution is 5.72. The molecular weight excluding hydrogens is 206 g/mol. The number of aromatic nitrogens is 2. The standard InChI is InChI=1S/C11H15N3O2/c1-16-11(15)9-3-6-14(7-9)8-10-12-4-2-5-13-10/h2,4-5,9H,3,6-8H2,1H3. The summed E-state index contributed by atoms with van der Waals surface area (Å²) in [6, 6.07) is 1.80. The Morgan fingerprint density at radius 3 is 3.00 bits per heavy atom. The zero-order chi connectivity index (χ0) is 11.4. The van der Waals surface area contributed by atoms with Crippen molar-refractivity contribution < 1.29 is 9.53 Å². The van der Waals surface area contributed by atoms with Gasteiger partial charge in [-0.2, -0.15) is 0 Å². The molecule has 16 heavy (non-hydrogen) atoms. The lowest BCUT2D eigenvalue weighted by molar-refractivity contribution is -0.144. The van der Waals surface area contributed by atoms with Crippen LogP contribution in [0.1, 0.15) is 12.2 Å². The zero-order valence-corrected chi connectivity index (χ0v) is 9.30. The minimum Gasteiger partial charge on any atom is -0.469 e. The van der Waals surface area contributed by atoms with Crippen molar-refractivity contribution in [3.8, 4) is 0 Å². The van der Waals surface area contributed by atoms with E-state index >= 15 is 0 Å². The summed E-state index contributed by atoms with van der Waals surface area (Å²) in [5, 5.41) is 0. The average Bonchev–Trinajstić information content (AvgIpc) is 2.78. The van der Waals surface area contributed by atoms with Gasteiger partial charge in [-0.25, -0.2) is 9.97 Å². The molecule has 0 radical (unpaired) electrons. The monoisotopic (exact) mass is 221 g/mol. The lowest BCUT2D eigenvalue weighted by atomic mass is 10.1. The molecule has 5 nitrogen and oxygen atoms in total. The number of hydrogen-bond donors (Lipinski definition) is 0. The molecule has 1 fully saturated rings. The molecule has 1 aromatic rings. The number of rotatable bonds is 3. The molecule has 0 spiro atoms. The van der Waals surface area contributed by atoms with Gasteiger partial charge in [-0.3, -0.25) is 9.69 Å². The van der Waals surface area contributed by atoms with Crippen molar-refractivity contribution in [2.75, 3.05) is 20.2 Å². The van der Waals surface area contributed by atoms with Crippen LogP contribution in [0.25, 0.3) is 0 Å². The number of carbonyl (C=O) groups excluding carboxylic acids is 1. The molecule has 0 amide bonds. The van der Waals surface area contributed by atoms with Crippen molar-refractivity contribution in [2.45, 2.75) is 13.0 Å². The van der Waals surface area contributed by atoms with E-state index in [1.165, 1.54) is 7.11 Å². The normalized spacial score (nSPS) is 20.9. The van der Waals surface area contributed by atoms with Crippen molar-refractivity contribution in [1.82, 2.24) is 14.9 Å². The molecule has 0 bridgehead atoms. The molecule has 0 N–H and O–H groups in total. The summed E-state index contributed by atoms with van der Waals surface area (Å²) in [5.74, 6) is 0.693. The molecule has 5 heteroatoms. The van der Waals surface area contributed by atoms with Gasteiger partial charge in [0.25, 0.3) is 0 Å². The number of methoxy groups -OCH3 is 1. The summed E-state index contributed by atoms with van der Waals surface area (Å²) in [6.07, 6.45) is 4.33. The Hall–Kier alpha value is -1.49. The van der Waals surface area contributed by atoms with Crippen molar-refractivity contribution >= 4 is 5.97 Å². The van der Waals surface area contributed by atoms with Crippen LogP contribution in [0.4, 0.5) is 0 Å². The van der Waals surface area contributed by atoms with Crippen LogP contribution in [0.15, 0.2) is 18.5 Å². The summed E-state index contributed by atoms with van der Waals surface area (Å²) in [5.41, 5.74) is 0. The maximum atomic E-state index is 11.3. The summed E-state index contributed by atoms with van der Waals surface area (Å²) in [6.45, 7) is 2.34. The molecular formula is C11H15N3O2. The molecule has 1 aliphatic heterocycles. The van der Waals surface area contributed by atoms with E-state index in [9.17, 15) is 4.79 Å². The summed E-state index contributed by atoms with van der Waals surface area (Å²) in [4.78, 5) is 21.8. The van der Waals surface area contributed by atoms with Gasteiger partial charge in [0.15, 0.2) is 0 Å². The van der Waals surface area contributed by atoms with Gasteiger partial charge in [0, 0.05) is 18.9 Å². The molecule has 0 aromatic carbocycles. The van der Waals surface area contributed by atoms with E-state index < -0.39 is 0 Å². The number of nitrogens with zero attached hydrogens (tertiary/aromatic N) is 3. The first kappa shape index (κ1) is 11.0. The molecule has 1 aromatic heterocycles. The fraction of sp³-hybridized carbons (Fsp3) is 0.545. The highest BCUT2D eigenvalue weighted by Gasteiger charge is 2.29. The van der Waals surface area contributed by atoms with Crippen LogP contribution < -0.4 is 0 Å². The van der Waals surface area contributed by atoms with Crippen molar-refractivity contribution in [3.05, 3.63) is 24.3 Å². The maximum Gasteiger partial charge on any atom is 0.310 e. The van der Waals surface area contributed by atoms with Gasteiger partial charge in [0.1, 0.15) is 5.82 Å². The molecule has 1 aliphatic rings. The first-order valence-electron chi connectivity index (χ1n) is 5.35. The Balaban J connectivity index is 1.88. The second-order valence-electron chi connectivity index (χ2n) is 3.91. The Morgan fingerprint density at radius 2 is 2.31 bits per heavy atom. The fourth-order valence-corrected chi connectivity index (χ4v) is 1.95. The van der Waals surface area contributed by atoms with Crippen LogP contribution in [0.5, 0.6) is 0 Å². The van der Waals surface area contributed by atoms with E-state index in [0.29, 0.717) is 6.54 Å². The van der Waals surface area contributed by atoms with Gasteiger partial charge in [0.05, 0.1) is 19.6 Å². The van der Waals surface area contributed by atoms with Crippen LogP contribution in [0.2, 0.25) is 0 Å². The summed E-state index contributed by atoms with van der Waals surface area (Å²) in [7, 11) is 1.44. The minimum atomic E-state index is -0.114. The number of carbonyl (C=O) groups is 1. The lowest BCUT2D eigenvalue weighted by Gasteiger charge is -2.13. The van der Waals surface area contributed by atoms with E-state index in [1.54, 1.807) is 18.5 Å².